The summed E-state index contributed by atoms with van der Waals surface area (Å²) in [5, 5.41) is 0. The van der Waals surface area contributed by atoms with Crippen LogP contribution in [0.2, 0.25) is 0 Å². The van der Waals surface area contributed by atoms with E-state index in [4.69, 9.17) is 4.74 Å². The first-order chi connectivity index (χ1) is 11.6. The molecule has 0 aliphatic carbocycles. The Kier molecular flexibility index (Phi) is 5.16. The molecule has 0 spiro atoms. The molecule has 0 aromatic heterocycles. The van der Waals surface area contributed by atoms with Gasteiger partial charge in [-0.15, -0.1) is 0 Å². The van der Waals surface area contributed by atoms with Gasteiger partial charge in [0.15, 0.2) is 6.61 Å². The number of hydrogen-bond donors (Lipinski definition) is 0. The van der Waals surface area contributed by atoms with Gasteiger partial charge in [-0.05, 0) is 31.2 Å². The predicted octanol–water partition coefficient (Wildman–Crippen LogP) is 2.89. The van der Waals surface area contributed by atoms with Crippen LogP contribution in [0.4, 0.5) is 0 Å². The Bertz CT molecular complexity index is 687. The van der Waals surface area contributed by atoms with Crippen molar-refractivity contribution < 1.29 is 9.53 Å². The number of nitrogens with zero attached hydrogens (tertiary/aromatic N) is 2. The van der Waals surface area contributed by atoms with Crippen LogP contribution in [0, 0.1) is 6.92 Å². The molecule has 3 rings (SSSR count). The predicted molar refractivity (Wildman–Crippen MR) is 95.1 cm³/mol. The molecule has 1 aliphatic rings. The van der Waals surface area contributed by atoms with Crippen molar-refractivity contribution in [2.45, 2.75) is 13.0 Å². The van der Waals surface area contributed by atoms with Crippen LogP contribution in [0.3, 0.4) is 0 Å². The molecule has 0 bridgehead atoms. The van der Waals surface area contributed by atoms with E-state index in [0.29, 0.717) is 0 Å². The number of benzene rings is 2. The molecular weight excluding hydrogens is 300 g/mol. The van der Waals surface area contributed by atoms with Crippen LogP contribution in [-0.2, 0) is 4.79 Å². The largest absolute Gasteiger partial charge is 0.484 e. The van der Waals surface area contributed by atoms with E-state index >= 15 is 0 Å². The molecule has 1 heterocycles. The zero-order chi connectivity index (χ0) is 16.9. The second-order valence-electron chi connectivity index (χ2n) is 6.33. The zero-order valence-corrected chi connectivity index (χ0v) is 14.3. The van der Waals surface area contributed by atoms with E-state index in [0.717, 1.165) is 30.9 Å². The number of para-hydroxylation sites is 1. The van der Waals surface area contributed by atoms with E-state index in [9.17, 15) is 4.79 Å². The highest BCUT2D eigenvalue weighted by Crippen LogP contribution is 2.25. The number of carbonyl (C=O) groups excluding carboxylic acids is 1. The average Bonchev–Trinajstić information content (AvgIpc) is 2.61. The van der Waals surface area contributed by atoms with Crippen LogP contribution in [0.25, 0.3) is 0 Å². The third-order valence-electron chi connectivity index (χ3n) is 4.53. The van der Waals surface area contributed by atoms with Gasteiger partial charge in [0.1, 0.15) is 5.75 Å². The second-order valence-corrected chi connectivity index (χ2v) is 6.33. The fourth-order valence-corrected chi connectivity index (χ4v) is 3.12. The van der Waals surface area contributed by atoms with Crippen LogP contribution >= 0.6 is 0 Å². The van der Waals surface area contributed by atoms with Crippen molar-refractivity contribution in [2.24, 2.45) is 0 Å². The number of amides is 1. The minimum atomic E-state index is 0.0419. The minimum Gasteiger partial charge on any atom is -0.484 e. The van der Waals surface area contributed by atoms with Crippen LogP contribution in [-0.4, -0.2) is 49.0 Å². The van der Waals surface area contributed by atoms with E-state index in [-0.39, 0.29) is 18.6 Å². The second kappa shape index (κ2) is 7.49. The zero-order valence-electron chi connectivity index (χ0n) is 14.3. The molecule has 0 radical (unpaired) electrons. The monoisotopic (exact) mass is 324 g/mol. The van der Waals surface area contributed by atoms with Crippen molar-refractivity contribution in [3.8, 4) is 5.75 Å². The van der Waals surface area contributed by atoms with Crippen molar-refractivity contribution in [2.75, 3.05) is 33.3 Å². The molecule has 1 aliphatic heterocycles. The summed E-state index contributed by atoms with van der Waals surface area (Å²) in [7, 11) is 2.10. The van der Waals surface area contributed by atoms with Gasteiger partial charge >= 0.3 is 0 Å². The molecule has 0 unspecified atom stereocenters. The normalized spacial score (nSPS) is 18.4. The lowest BCUT2D eigenvalue weighted by molar-refractivity contribution is -0.138. The van der Waals surface area contributed by atoms with Crippen LogP contribution in [0.15, 0.2) is 54.6 Å². The van der Waals surface area contributed by atoms with E-state index < -0.39 is 0 Å². The van der Waals surface area contributed by atoms with E-state index in [1.54, 1.807) is 0 Å². The lowest BCUT2D eigenvalue weighted by atomic mass is 10.0. The smallest absolute Gasteiger partial charge is 0.261 e. The van der Waals surface area contributed by atoms with Crippen molar-refractivity contribution in [1.29, 1.82) is 0 Å². The third-order valence-corrected chi connectivity index (χ3v) is 4.53. The maximum atomic E-state index is 12.8. The van der Waals surface area contributed by atoms with Crippen LogP contribution in [0.5, 0.6) is 5.75 Å². The molecular formula is C20H24N2O2. The molecule has 1 atom stereocenters. The van der Waals surface area contributed by atoms with E-state index in [2.05, 4.69) is 24.1 Å². The highest BCUT2D eigenvalue weighted by molar-refractivity contribution is 5.78. The number of aryl methyl sites for hydroxylation is 1. The van der Waals surface area contributed by atoms with Gasteiger partial charge < -0.3 is 14.5 Å². The molecule has 2 aromatic rings. The molecule has 2 aromatic carbocycles. The van der Waals surface area contributed by atoms with Gasteiger partial charge in [-0.25, -0.2) is 0 Å². The Morgan fingerprint density at radius 2 is 1.79 bits per heavy atom. The maximum Gasteiger partial charge on any atom is 0.261 e. The summed E-state index contributed by atoms with van der Waals surface area (Å²) >= 11 is 0. The summed E-state index contributed by atoms with van der Waals surface area (Å²) in [6.45, 7) is 4.53. The fraction of sp³-hybridized carbons (Fsp3) is 0.350. The fourth-order valence-electron chi connectivity index (χ4n) is 3.12. The summed E-state index contributed by atoms with van der Waals surface area (Å²) in [5.41, 5.74) is 2.22. The highest BCUT2D eigenvalue weighted by Gasteiger charge is 2.30. The topological polar surface area (TPSA) is 32.8 Å². The number of carbonyl (C=O) groups is 1. The Hall–Kier alpha value is -2.33. The first-order valence-electron chi connectivity index (χ1n) is 8.36. The SMILES string of the molecule is Cc1ccccc1OCC(=O)N1CCN(C)C[C@@H]1c1ccccc1. The lowest BCUT2D eigenvalue weighted by Crippen LogP contribution is -2.50. The summed E-state index contributed by atoms with van der Waals surface area (Å²) < 4.78 is 5.76. The number of ether oxygens (including phenoxy) is 1. The highest BCUT2D eigenvalue weighted by atomic mass is 16.5. The standard InChI is InChI=1S/C20H24N2O2/c1-16-8-6-7-11-19(16)24-15-20(23)22-13-12-21(2)14-18(22)17-9-4-3-5-10-17/h3-11,18H,12-15H2,1-2H3/t18-/m1/s1. The average molecular weight is 324 g/mol. The van der Waals surface area contributed by atoms with Gasteiger partial charge in [0.2, 0.25) is 0 Å². The number of rotatable bonds is 4. The van der Waals surface area contributed by atoms with Gasteiger partial charge in [-0.2, -0.15) is 0 Å². The third kappa shape index (κ3) is 3.77. The van der Waals surface area contributed by atoms with Crippen molar-refractivity contribution in [3.63, 3.8) is 0 Å². The molecule has 24 heavy (non-hydrogen) atoms. The first-order valence-corrected chi connectivity index (χ1v) is 8.36. The Morgan fingerprint density at radius 1 is 1.08 bits per heavy atom. The first kappa shape index (κ1) is 16.5. The molecule has 1 saturated heterocycles. The van der Waals surface area contributed by atoms with Crippen molar-refractivity contribution in [3.05, 3.63) is 65.7 Å². The molecule has 0 saturated carbocycles. The van der Waals surface area contributed by atoms with Gasteiger partial charge in [0, 0.05) is 19.6 Å². The minimum absolute atomic E-state index is 0.0419. The van der Waals surface area contributed by atoms with Crippen LogP contribution < -0.4 is 4.74 Å². The molecule has 4 heteroatoms. The summed E-state index contributed by atoms with van der Waals surface area (Å²) in [6, 6.07) is 18.1. The lowest BCUT2D eigenvalue weighted by Gasteiger charge is -2.40. The summed E-state index contributed by atoms with van der Waals surface area (Å²) in [6.07, 6.45) is 0. The van der Waals surface area contributed by atoms with E-state index in [1.165, 1.54) is 5.56 Å². The Morgan fingerprint density at radius 3 is 2.54 bits per heavy atom. The maximum absolute atomic E-state index is 12.8. The van der Waals surface area contributed by atoms with Gasteiger partial charge in [0.05, 0.1) is 6.04 Å². The number of likely N-dealkylation sites (N-methyl/N-ethyl adjacent to an activating group) is 1. The van der Waals surface area contributed by atoms with Gasteiger partial charge in [-0.3, -0.25) is 4.79 Å². The molecule has 1 amide bonds. The molecule has 0 N–H and O–H groups in total. The quantitative estimate of drug-likeness (QED) is 0.867. The number of piperazine rings is 1. The molecule has 126 valence electrons. The van der Waals surface area contributed by atoms with E-state index in [1.807, 2.05) is 54.3 Å². The number of hydrogen-bond acceptors (Lipinski definition) is 3. The molecule has 4 nitrogen and oxygen atoms in total. The summed E-state index contributed by atoms with van der Waals surface area (Å²) in [4.78, 5) is 17.0. The Labute approximate surface area is 143 Å². The Balaban J connectivity index is 1.71. The van der Waals surface area contributed by atoms with Crippen molar-refractivity contribution in [1.82, 2.24) is 9.80 Å². The van der Waals surface area contributed by atoms with Gasteiger partial charge in [0.25, 0.3) is 5.91 Å². The van der Waals surface area contributed by atoms with Gasteiger partial charge in [-0.1, -0.05) is 48.5 Å². The van der Waals surface area contributed by atoms with Crippen LogP contribution in [0.1, 0.15) is 17.2 Å². The molecule has 1 fully saturated rings. The summed E-state index contributed by atoms with van der Waals surface area (Å²) in [5.74, 6) is 0.816. The van der Waals surface area contributed by atoms with Crippen molar-refractivity contribution >= 4 is 5.91 Å².